The van der Waals surface area contributed by atoms with Crippen LogP contribution in [0.3, 0.4) is 0 Å². The van der Waals surface area contributed by atoms with Crippen LogP contribution in [-0.2, 0) is 14.3 Å². The van der Waals surface area contributed by atoms with E-state index in [0.717, 1.165) is 18.0 Å². The van der Waals surface area contributed by atoms with Crippen LogP contribution in [0.25, 0.3) is 6.08 Å². The lowest BCUT2D eigenvalue weighted by Crippen LogP contribution is -2.52. The zero-order valence-electron chi connectivity index (χ0n) is 14.6. The molecular weight excluding hydrogens is 338 g/mol. The van der Waals surface area contributed by atoms with Crippen LogP contribution in [0.4, 0.5) is 0 Å². The molecule has 0 spiro atoms. The predicted molar refractivity (Wildman–Crippen MR) is 98.5 cm³/mol. The standard InChI is InChI=1S/C18H25N3O3S/c1-15-4-13-25-16(15)2-3-17(22)20-7-5-19(6-8-20)14-18(23)21-9-11-24-12-10-21/h2-4,13H,5-12,14H2,1H3/b3-2+. The minimum absolute atomic E-state index is 0.0481. The highest BCUT2D eigenvalue weighted by molar-refractivity contribution is 7.11. The highest BCUT2D eigenvalue weighted by Crippen LogP contribution is 2.17. The van der Waals surface area contributed by atoms with Crippen molar-refractivity contribution in [3.8, 4) is 0 Å². The van der Waals surface area contributed by atoms with E-state index in [9.17, 15) is 9.59 Å². The lowest BCUT2D eigenvalue weighted by atomic mass is 10.2. The van der Waals surface area contributed by atoms with Gasteiger partial charge in [0, 0.05) is 50.2 Å². The molecule has 1 aromatic heterocycles. The Morgan fingerprint density at radius 3 is 2.48 bits per heavy atom. The van der Waals surface area contributed by atoms with E-state index in [-0.39, 0.29) is 11.8 Å². The van der Waals surface area contributed by atoms with Gasteiger partial charge in [0.2, 0.25) is 11.8 Å². The number of aryl methyl sites for hydroxylation is 1. The normalized spacial score (nSPS) is 19.6. The van der Waals surface area contributed by atoms with Crippen molar-refractivity contribution in [2.45, 2.75) is 6.92 Å². The molecule has 0 bridgehead atoms. The summed E-state index contributed by atoms with van der Waals surface area (Å²) >= 11 is 1.64. The van der Waals surface area contributed by atoms with Crippen molar-refractivity contribution >= 4 is 29.2 Å². The third kappa shape index (κ3) is 4.90. The van der Waals surface area contributed by atoms with Crippen LogP contribution in [0.1, 0.15) is 10.4 Å². The van der Waals surface area contributed by atoms with Crippen molar-refractivity contribution in [2.75, 3.05) is 59.0 Å². The molecule has 7 heteroatoms. The molecule has 1 aromatic rings. The molecule has 0 aliphatic carbocycles. The molecule has 0 unspecified atom stereocenters. The fourth-order valence-corrected chi connectivity index (χ4v) is 3.86. The van der Waals surface area contributed by atoms with Gasteiger partial charge >= 0.3 is 0 Å². The summed E-state index contributed by atoms with van der Waals surface area (Å²) in [6.45, 7) is 7.94. The van der Waals surface area contributed by atoms with E-state index >= 15 is 0 Å². The van der Waals surface area contributed by atoms with E-state index in [2.05, 4.69) is 11.0 Å². The van der Waals surface area contributed by atoms with Crippen LogP contribution in [0, 0.1) is 6.92 Å². The summed E-state index contributed by atoms with van der Waals surface area (Å²) in [7, 11) is 0. The fraction of sp³-hybridized carbons (Fsp3) is 0.556. The molecule has 2 aliphatic heterocycles. The molecule has 2 saturated heterocycles. The van der Waals surface area contributed by atoms with Crippen molar-refractivity contribution < 1.29 is 14.3 Å². The first-order valence-corrected chi connectivity index (χ1v) is 9.60. The van der Waals surface area contributed by atoms with Crippen LogP contribution >= 0.6 is 11.3 Å². The molecule has 0 aromatic carbocycles. The Labute approximate surface area is 152 Å². The van der Waals surface area contributed by atoms with Crippen molar-refractivity contribution in [1.29, 1.82) is 0 Å². The summed E-state index contributed by atoms with van der Waals surface area (Å²) in [5.41, 5.74) is 1.19. The molecule has 2 fully saturated rings. The number of piperazine rings is 1. The zero-order valence-corrected chi connectivity index (χ0v) is 15.5. The largest absolute Gasteiger partial charge is 0.378 e. The number of carbonyl (C=O) groups is 2. The number of morpholine rings is 1. The summed E-state index contributed by atoms with van der Waals surface area (Å²) in [5, 5.41) is 2.03. The number of carbonyl (C=O) groups excluding carboxylic acids is 2. The maximum Gasteiger partial charge on any atom is 0.246 e. The van der Waals surface area contributed by atoms with Gasteiger partial charge in [-0.05, 0) is 30.0 Å². The molecule has 2 amide bonds. The second kappa shape index (κ2) is 8.60. The van der Waals surface area contributed by atoms with Crippen molar-refractivity contribution in [3.05, 3.63) is 28.0 Å². The van der Waals surface area contributed by atoms with Crippen molar-refractivity contribution in [3.63, 3.8) is 0 Å². The Bertz CT molecular complexity index is 629. The molecule has 6 nitrogen and oxygen atoms in total. The summed E-state index contributed by atoms with van der Waals surface area (Å²) < 4.78 is 5.28. The van der Waals surface area contributed by atoms with Gasteiger partial charge in [-0.1, -0.05) is 0 Å². The van der Waals surface area contributed by atoms with E-state index in [1.807, 2.05) is 28.2 Å². The summed E-state index contributed by atoms with van der Waals surface area (Å²) in [6, 6.07) is 2.05. The average molecular weight is 363 g/mol. The minimum atomic E-state index is 0.0481. The third-order valence-corrected chi connectivity index (χ3v) is 5.67. The Morgan fingerprint density at radius 1 is 1.12 bits per heavy atom. The van der Waals surface area contributed by atoms with Gasteiger partial charge < -0.3 is 14.5 Å². The molecule has 136 valence electrons. The van der Waals surface area contributed by atoms with Gasteiger partial charge in [0.15, 0.2) is 0 Å². The third-order valence-electron chi connectivity index (χ3n) is 4.69. The molecule has 0 radical (unpaired) electrons. The number of hydrogen-bond donors (Lipinski definition) is 0. The second-order valence-electron chi connectivity index (χ2n) is 6.40. The molecule has 25 heavy (non-hydrogen) atoms. The van der Waals surface area contributed by atoms with Crippen LogP contribution in [0.5, 0.6) is 0 Å². The van der Waals surface area contributed by atoms with E-state index < -0.39 is 0 Å². The molecule has 3 rings (SSSR count). The van der Waals surface area contributed by atoms with Crippen LogP contribution in [-0.4, -0.2) is 85.5 Å². The first kappa shape index (κ1) is 18.1. The van der Waals surface area contributed by atoms with Gasteiger partial charge in [0.1, 0.15) is 0 Å². The molecule has 0 atom stereocenters. The van der Waals surface area contributed by atoms with Gasteiger partial charge in [-0.25, -0.2) is 0 Å². The molecule has 0 saturated carbocycles. The lowest BCUT2D eigenvalue weighted by Gasteiger charge is -2.35. The van der Waals surface area contributed by atoms with Gasteiger partial charge in [-0.2, -0.15) is 0 Å². The maximum atomic E-state index is 12.3. The number of ether oxygens (including phenoxy) is 1. The summed E-state index contributed by atoms with van der Waals surface area (Å²) in [5.74, 6) is 0.211. The lowest BCUT2D eigenvalue weighted by molar-refractivity contribution is -0.137. The van der Waals surface area contributed by atoms with Crippen LogP contribution < -0.4 is 0 Å². The van der Waals surface area contributed by atoms with Crippen LogP contribution in [0.15, 0.2) is 17.5 Å². The molecule has 3 heterocycles. The smallest absolute Gasteiger partial charge is 0.246 e. The molecule has 2 aliphatic rings. The number of hydrogen-bond acceptors (Lipinski definition) is 5. The van der Waals surface area contributed by atoms with E-state index in [1.165, 1.54) is 5.56 Å². The van der Waals surface area contributed by atoms with Gasteiger partial charge in [0.25, 0.3) is 0 Å². The van der Waals surface area contributed by atoms with Crippen molar-refractivity contribution in [1.82, 2.24) is 14.7 Å². The maximum absolute atomic E-state index is 12.3. The Hall–Kier alpha value is -1.70. The van der Waals surface area contributed by atoms with Crippen LogP contribution in [0.2, 0.25) is 0 Å². The predicted octanol–water partition coefficient (Wildman–Crippen LogP) is 1.07. The zero-order chi connectivity index (χ0) is 17.6. The number of amides is 2. The van der Waals surface area contributed by atoms with Gasteiger partial charge in [-0.15, -0.1) is 11.3 Å². The number of nitrogens with zero attached hydrogens (tertiary/aromatic N) is 3. The van der Waals surface area contributed by atoms with E-state index in [0.29, 0.717) is 45.9 Å². The number of rotatable bonds is 4. The molecular formula is C18H25N3O3S. The Kier molecular flexibility index (Phi) is 6.23. The molecule has 0 N–H and O–H groups in total. The first-order valence-electron chi connectivity index (χ1n) is 8.72. The number of thiophene rings is 1. The Balaban J connectivity index is 1.43. The first-order chi connectivity index (χ1) is 12.1. The van der Waals surface area contributed by atoms with Crippen molar-refractivity contribution in [2.24, 2.45) is 0 Å². The average Bonchev–Trinajstić information content (AvgIpc) is 3.06. The summed E-state index contributed by atoms with van der Waals surface area (Å²) in [6.07, 6.45) is 3.56. The quantitative estimate of drug-likeness (QED) is 0.751. The van der Waals surface area contributed by atoms with Gasteiger partial charge in [0.05, 0.1) is 19.8 Å². The topological polar surface area (TPSA) is 53.1 Å². The monoisotopic (exact) mass is 363 g/mol. The Morgan fingerprint density at radius 2 is 1.84 bits per heavy atom. The fourth-order valence-electron chi connectivity index (χ4n) is 3.04. The summed E-state index contributed by atoms with van der Waals surface area (Å²) in [4.78, 5) is 31.6. The second-order valence-corrected chi connectivity index (χ2v) is 7.34. The minimum Gasteiger partial charge on any atom is -0.378 e. The highest BCUT2D eigenvalue weighted by atomic mass is 32.1. The van der Waals surface area contributed by atoms with E-state index in [4.69, 9.17) is 4.74 Å². The highest BCUT2D eigenvalue weighted by Gasteiger charge is 2.24. The van der Waals surface area contributed by atoms with Gasteiger partial charge in [-0.3, -0.25) is 14.5 Å². The SMILES string of the molecule is Cc1ccsc1/C=C/C(=O)N1CCN(CC(=O)N2CCOCC2)CC1. The van der Waals surface area contributed by atoms with E-state index in [1.54, 1.807) is 17.4 Å².